The summed E-state index contributed by atoms with van der Waals surface area (Å²) >= 11 is 12.7. The number of phosphoric ester groups is 1. The summed E-state index contributed by atoms with van der Waals surface area (Å²) < 4.78 is 36.5. The number of nitrogens with zero attached hydrogens (tertiary/aromatic N) is 6. The second-order valence-corrected chi connectivity index (χ2v) is 11.1. The summed E-state index contributed by atoms with van der Waals surface area (Å²) in [7, 11) is -4.94. The zero-order chi connectivity index (χ0) is 28.9. The number of hydrogen-bond donors (Lipinski definition) is 6. The number of nitrogen functional groups attached to an aromatic ring is 2. The van der Waals surface area contributed by atoms with Crippen LogP contribution in [-0.2, 0) is 23.1 Å². The molecule has 5 heterocycles. The number of ether oxygens (including phenoxy) is 2. The van der Waals surface area contributed by atoms with Gasteiger partial charge >= 0.3 is 13.5 Å². The van der Waals surface area contributed by atoms with Crippen LogP contribution in [0.3, 0.4) is 0 Å². The predicted octanol–water partition coefficient (Wildman–Crippen LogP) is -2.20. The van der Waals surface area contributed by atoms with Crippen LogP contribution in [0.15, 0.2) is 22.2 Å². The highest BCUT2D eigenvalue weighted by Crippen LogP contribution is 2.50. The van der Waals surface area contributed by atoms with E-state index in [-0.39, 0.29) is 23.1 Å². The van der Waals surface area contributed by atoms with E-state index in [1.165, 1.54) is 10.9 Å². The molecule has 0 radical (unpaired) electrons. The number of aromatic nitrogens is 7. The fraction of sp³-hybridized carbons (Fsp3) is 0.556. The van der Waals surface area contributed by atoms with Gasteiger partial charge < -0.3 is 36.0 Å². The quantitative estimate of drug-likeness (QED) is 0.114. The number of hydrogen-bond acceptors (Lipinski definition) is 15. The van der Waals surface area contributed by atoms with Gasteiger partial charge in [0.25, 0.3) is 5.56 Å². The number of H-pyrrole nitrogens is 1. The van der Waals surface area contributed by atoms with Crippen LogP contribution >= 0.6 is 31.0 Å². The summed E-state index contributed by atoms with van der Waals surface area (Å²) in [5.74, 6) is -0.481. The average molecular weight is 626 g/mol. The van der Waals surface area contributed by atoms with Gasteiger partial charge in [-0.15, -0.1) is 23.2 Å². The van der Waals surface area contributed by atoms with Gasteiger partial charge in [0.2, 0.25) is 11.9 Å². The Bertz CT molecular complexity index is 1570. The third kappa shape index (κ3) is 5.32. The Labute approximate surface area is 232 Å². The highest BCUT2D eigenvalue weighted by molar-refractivity contribution is 7.47. The number of halogens is 2. The van der Waals surface area contributed by atoms with Gasteiger partial charge in [-0.05, 0) is 0 Å². The molecule has 40 heavy (non-hydrogen) atoms. The first-order valence-corrected chi connectivity index (χ1v) is 13.7. The molecule has 3 aromatic rings. The third-order valence-electron chi connectivity index (χ3n) is 6.14. The molecule has 0 bridgehead atoms. The van der Waals surface area contributed by atoms with Crippen molar-refractivity contribution in [2.24, 2.45) is 0 Å². The monoisotopic (exact) mass is 625 g/mol. The van der Waals surface area contributed by atoms with E-state index in [0.717, 1.165) is 10.9 Å². The van der Waals surface area contributed by atoms with E-state index in [0.29, 0.717) is 0 Å². The number of aliphatic hydroxyl groups is 2. The number of phosphoric acid groups is 1. The van der Waals surface area contributed by atoms with Crippen molar-refractivity contribution in [3.8, 4) is 0 Å². The molecule has 2 saturated heterocycles. The second-order valence-electron chi connectivity index (χ2n) is 8.71. The van der Waals surface area contributed by atoms with Crippen LogP contribution in [0.2, 0.25) is 0 Å². The normalized spacial score (nSPS) is 32.0. The minimum Gasteiger partial charge on any atom is -0.394 e. The van der Waals surface area contributed by atoms with Crippen LogP contribution in [0.1, 0.15) is 12.5 Å². The lowest BCUT2D eigenvalue weighted by atomic mass is 10.2. The summed E-state index contributed by atoms with van der Waals surface area (Å²) in [4.78, 5) is 52.0. The van der Waals surface area contributed by atoms with Crippen molar-refractivity contribution >= 4 is 54.1 Å². The third-order valence-corrected chi connectivity index (χ3v) is 8.06. The van der Waals surface area contributed by atoms with Gasteiger partial charge in [0, 0.05) is 0 Å². The van der Waals surface area contributed by atoms with Crippen molar-refractivity contribution in [1.29, 1.82) is 0 Å². The van der Waals surface area contributed by atoms with Gasteiger partial charge in [0.15, 0.2) is 23.6 Å². The number of nitrogens with two attached hydrogens (primary N) is 2. The van der Waals surface area contributed by atoms with Crippen molar-refractivity contribution in [2.45, 2.75) is 47.6 Å². The Hall–Kier alpha value is -2.71. The van der Waals surface area contributed by atoms with E-state index in [9.17, 15) is 29.3 Å². The van der Waals surface area contributed by atoms with Crippen LogP contribution < -0.4 is 22.7 Å². The van der Waals surface area contributed by atoms with Crippen LogP contribution in [0.5, 0.6) is 0 Å². The number of anilines is 2. The Morgan fingerprint density at radius 1 is 1.07 bits per heavy atom. The molecule has 8 N–H and O–H groups in total. The standard InChI is InChI=1S/C18H22Cl2N9O10P/c19-7-10(31)6(38-14(7)29-4-24-16(21)27-18(29)33)2-36-40(34,35)39-11-5(1-30)37-15(8(11)20)28-3-23-9-12(28)25-17(22)26-13(9)32/h3-8,10-11,14-15,30-31H,1-2H2,(H,34,35)(H2,21,27,33)(H3,22,25,26,32). The molecule has 0 aromatic carbocycles. The molecule has 2 aliphatic heterocycles. The fourth-order valence-corrected chi connectivity index (χ4v) is 6.05. The molecular weight excluding hydrogens is 604 g/mol. The summed E-state index contributed by atoms with van der Waals surface area (Å²) in [6.07, 6.45) is -5.51. The molecule has 2 fully saturated rings. The number of rotatable bonds is 8. The lowest BCUT2D eigenvalue weighted by molar-refractivity contribution is -0.0567. The molecule has 19 nitrogen and oxygen atoms in total. The van der Waals surface area contributed by atoms with Crippen molar-refractivity contribution in [1.82, 2.24) is 34.1 Å². The smallest absolute Gasteiger partial charge is 0.394 e. The SMILES string of the molecule is Nc1ncn(C2OC(COP(=O)(O)OC3C(CO)OC(n4cnc5c(=O)[nH]c(N)nc54)C3Cl)C(O)C2Cl)c(=O)n1. The van der Waals surface area contributed by atoms with Crippen LogP contribution in [-0.4, -0.2) is 97.5 Å². The Kier molecular flexibility index (Phi) is 7.87. The topological polar surface area (TPSA) is 278 Å². The lowest BCUT2D eigenvalue weighted by Crippen LogP contribution is -2.34. The number of nitrogens with one attached hydrogen (secondary N) is 1. The molecule has 2 aliphatic rings. The Morgan fingerprint density at radius 3 is 2.45 bits per heavy atom. The first-order valence-electron chi connectivity index (χ1n) is 11.4. The molecule has 0 saturated carbocycles. The molecule has 0 spiro atoms. The van der Waals surface area contributed by atoms with E-state index in [1.807, 2.05) is 0 Å². The summed E-state index contributed by atoms with van der Waals surface area (Å²) in [5, 5.41) is 17.9. The summed E-state index contributed by atoms with van der Waals surface area (Å²) in [6.45, 7) is -1.38. The van der Waals surface area contributed by atoms with E-state index in [4.69, 9.17) is 53.2 Å². The zero-order valence-corrected chi connectivity index (χ0v) is 22.3. The number of aliphatic hydroxyl groups excluding tert-OH is 2. The summed E-state index contributed by atoms with van der Waals surface area (Å²) in [6, 6.07) is 0. The van der Waals surface area contributed by atoms with Gasteiger partial charge in [0.1, 0.15) is 41.5 Å². The van der Waals surface area contributed by atoms with Crippen LogP contribution in [0.25, 0.3) is 11.2 Å². The molecule has 5 rings (SSSR count). The first kappa shape index (κ1) is 28.8. The highest BCUT2D eigenvalue weighted by atomic mass is 35.5. The van der Waals surface area contributed by atoms with Gasteiger partial charge in [-0.1, -0.05) is 0 Å². The Balaban J connectivity index is 1.28. The van der Waals surface area contributed by atoms with E-state index in [1.54, 1.807) is 0 Å². The summed E-state index contributed by atoms with van der Waals surface area (Å²) in [5.41, 5.74) is 9.47. The van der Waals surface area contributed by atoms with Gasteiger partial charge in [0.05, 0.1) is 19.5 Å². The van der Waals surface area contributed by atoms with Crippen molar-refractivity contribution in [3.05, 3.63) is 33.5 Å². The number of alkyl halides is 2. The molecule has 9 unspecified atom stereocenters. The van der Waals surface area contributed by atoms with E-state index in [2.05, 4.69) is 24.9 Å². The van der Waals surface area contributed by atoms with Crippen molar-refractivity contribution < 1.29 is 38.2 Å². The van der Waals surface area contributed by atoms with Gasteiger partial charge in [-0.3, -0.25) is 28.0 Å². The number of imidazole rings is 1. The van der Waals surface area contributed by atoms with Crippen LogP contribution in [0, 0.1) is 0 Å². The largest absolute Gasteiger partial charge is 0.472 e. The Morgan fingerprint density at radius 2 is 1.75 bits per heavy atom. The second kappa shape index (κ2) is 10.9. The fourth-order valence-electron chi connectivity index (χ4n) is 4.27. The first-order chi connectivity index (χ1) is 18.9. The van der Waals surface area contributed by atoms with Crippen molar-refractivity contribution in [2.75, 3.05) is 24.7 Å². The maximum atomic E-state index is 12.8. The van der Waals surface area contributed by atoms with Crippen LogP contribution in [0.4, 0.5) is 11.9 Å². The lowest BCUT2D eigenvalue weighted by Gasteiger charge is -2.23. The maximum absolute atomic E-state index is 12.8. The maximum Gasteiger partial charge on any atom is 0.472 e. The minimum absolute atomic E-state index is 0.0147. The molecular formula is C18H22Cl2N9O10P. The number of aromatic amines is 1. The van der Waals surface area contributed by atoms with Crippen molar-refractivity contribution in [3.63, 3.8) is 0 Å². The van der Waals surface area contributed by atoms with Gasteiger partial charge in [-0.25, -0.2) is 19.3 Å². The predicted molar refractivity (Wildman–Crippen MR) is 134 cm³/mol. The zero-order valence-electron chi connectivity index (χ0n) is 19.9. The van der Waals surface area contributed by atoms with E-state index < -0.39 is 79.9 Å². The molecule has 3 aromatic heterocycles. The number of fused-ring (bicyclic) bond motifs is 1. The highest BCUT2D eigenvalue weighted by Gasteiger charge is 2.50. The molecule has 218 valence electrons. The minimum atomic E-state index is -4.94. The molecule has 9 atom stereocenters. The molecule has 22 heteroatoms. The average Bonchev–Trinajstić information content (AvgIpc) is 3.53. The molecule has 0 amide bonds. The van der Waals surface area contributed by atoms with E-state index >= 15 is 0 Å². The van der Waals surface area contributed by atoms with Gasteiger partial charge in [-0.2, -0.15) is 9.97 Å². The molecule has 0 aliphatic carbocycles.